The van der Waals surface area contributed by atoms with Gasteiger partial charge in [-0.2, -0.15) is 0 Å². The first-order valence-corrected chi connectivity index (χ1v) is 28.8. The van der Waals surface area contributed by atoms with Gasteiger partial charge in [0.15, 0.2) is 8.07 Å². The van der Waals surface area contributed by atoms with Gasteiger partial charge >= 0.3 is 0 Å². The van der Waals surface area contributed by atoms with Gasteiger partial charge in [0.2, 0.25) is 0 Å². The average molecular weight is 968 g/mol. The summed E-state index contributed by atoms with van der Waals surface area (Å²) < 4.78 is 6.92. The van der Waals surface area contributed by atoms with Crippen LogP contribution in [0, 0.1) is 0 Å². The second-order valence-electron chi connectivity index (χ2n) is 22.0. The smallest absolute Gasteiger partial charge is 0.251 e. The summed E-state index contributed by atoms with van der Waals surface area (Å²) in [6.45, 7) is 14.1. The lowest BCUT2D eigenvalue weighted by atomic mass is 9.34. The standard InChI is InChI=1S/C70H58BNOSi/c1-44(2)49-41-53(45(3)4)69(54(42-49)46(5)6)71-59-27-13-16-30-63(59)73-64-43-48(37-40-60(64)71)47-35-38-50(39-36-47)72-61-28-14-9-23-55(61)70(56-24-10-15-29-62(56)72)57-25-11-19-33-67(57)74(68-34-20-12-26-58(68)70)65-31-17-7-21-51(65)52-22-8-18-32-66(52)74/h7-46H,1-6H3. The van der Waals surface area contributed by atoms with Gasteiger partial charge in [-0.15, -0.1) is 0 Å². The van der Waals surface area contributed by atoms with E-state index in [0.29, 0.717) is 17.8 Å². The molecule has 0 N–H and O–H groups in total. The summed E-state index contributed by atoms with van der Waals surface area (Å²) >= 11 is 0. The number of fused-ring (bicyclic) bond motifs is 17. The van der Waals surface area contributed by atoms with Crippen molar-refractivity contribution in [1.29, 1.82) is 0 Å². The van der Waals surface area contributed by atoms with Crippen LogP contribution in [0.4, 0.5) is 17.1 Å². The highest BCUT2D eigenvalue weighted by atomic mass is 28.3. The predicted octanol–water partition coefficient (Wildman–Crippen LogP) is 13.2. The van der Waals surface area contributed by atoms with Crippen molar-refractivity contribution in [3.05, 3.63) is 263 Å². The van der Waals surface area contributed by atoms with Crippen LogP contribution in [0.5, 0.6) is 11.5 Å². The van der Waals surface area contributed by atoms with Crippen LogP contribution in [-0.2, 0) is 5.41 Å². The summed E-state index contributed by atoms with van der Waals surface area (Å²) in [5.41, 5.74) is 21.6. The lowest BCUT2D eigenvalue weighted by Gasteiger charge is -2.52. The maximum Gasteiger partial charge on any atom is 0.251 e. The summed E-state index contributed by atoms with van der Waals surface area (Å²) in [7, 11) is -2.77. The molecule has 74 heavy (non-hydrogen) atoms. The second-order valence-corrected chi connectivity index (χ2v) is 25.7. The minimum absolute atomic E-state index is 0.0608. The molecule has 0 unspecified atom stereocenters. The maximum atomic E-state index is 6.92. The van der Waals surface area contributed by atoms with Crippen LogP contribution in [-0.4, -0.2) is 14.8 Å². The van der Waals surface area contributed by atoms with E-state index in [1.165, 1.54) is 98.6 Å². The molecule has 2 spiro atoms. The zero-order valence-corrected chi connectivity index (χ0v) is 44.0. The van der Waals surface area contributed by atoms with Crippen LogP contribution in [0.25, 0.3) is 22.3 Å². The highest BCUT2D eigenvalue weighted by molar-refractivity contribution is 7.22. The van der Waals surface area contributed by atoms with Crippen LogP contribution in [0.1, 0.15) is 98.2 Å². The van der Waals surface area contributed by atoms with Gasteiger partial charge in [-0.25, -0.2) is 0 Å². The molecule has 356 valence electrons. The van der Waals surface area contributed by atoms with E-state index in [2.05, 4.69) is 271 Å². The summed E-state index contributed by atoms with van der Waals surface area (Å²) in [5, 5.41) is 5.93. The summed E-state index contributed by atoms with van der Waals surface area (Å²) in [4.78, 5) is 2.51. The zero-order chi connectivity index (χ0) is 50.0. The van der Waals surface area contributed by atoms with Gasteiger partial charge in [0.1, 0.15) is 11.5 Å². The van der Waals surface area contributed by atoms with Gasteiger partial charge in [0, 0.05) is 5.69 Å². The van der Waals surface area contributed by atoms with Crippen LogP contribution in [0.15, 0.2) is 224 Å². The largest absolute Gasteiger partial charge is 0.458 e. The van der Waals surface area contributed by atoms with Gasteiger partial charge in [-0.05, 0) is 147 Å². The van der Waals surface area contributed by atoms with Gasteiger partial charge < -0.3 is 9.64 Å². The fourth-order valence-electron chi connectivity index (χ4n) is 14.1. The molecule has 4 heteroatoms. The van der Waals surface area contributed by atoms with E-state index in [0.717, 1.165) is 28.3 Å². The number of hydrogen-bond acceptors (Lipinski definition) is 2. The Morgan fingerprint density at radius 2 is 0.865 bits per heavy atom. The number of ether oxygens (including phenoxy) is 1. The molecule has 0 fully saturated rings. The van der Waals surface area contributed by atoms with Crippen molar-refractivity contribution in [3.8, 4) is 33.8 Å². The molecule has 2 nitrogen and oxygen atoms in total. The predicted molar refractivity (Wildman–Crippen MR) is 314 cm³/mol. The third-order valence-electron chi connectivity index (χ3n) is 17.2. The van der Waals surface area contributed by atoms with Gasteiger partial charge in [-0.1, -0.05) is 235 Å². The van der Waals surface area contributed by atoms with E-state index in [4.69, 9.17) is 4.74 Å². The monoisotopic (exact) mass is 967 g/mol. The van der Waals surface area contributed by atoms with Crippen LogP contribution < -0.4 is 46.8 Å². The van der Waals surface area contributed by atoms with Gasteiger partial charge in [0.05, 0.1) is 16.8 Å². The van der Waals surface area contributed by atoms with Crippen molar-refractivity contribution in [3.63, 3.8) is 0 Å². The molecule has 4 aliphatic heterocycles. The van der Waals surface area contributed by atoms with Gasteiger partial charge in [-0.3, -0.25) is 0 Å². The molecule has 14 rings (SSSR count). The van der Waals surface area contributed by atoms with Gasteiger partial charge in [0.25, 0.3) is 6.71 Å². The molecule has 0 bridgehead atoms. The molecule has 0 saturated carbocycles. The molecular weight excluding hydrogens is 910 g/mol. The number of benzene rings is 10. The lowest BCUT2D eigenvalue weighted by molar-refractivity contribution is 0.487. The maximum absolute atomic E-state index is 6.92. The van der Waals surface area contributed by atoms with E-state index in [1.54, 1.807) is 0 Å². The van der Waals surface area contributed by atoms with E-state index < -0.39 is 13.5 Å². The van der Waals surface area contributed by atoms with Crippen molar-refractivity contribution in [2.75, 3.05) is 4.90 Å². The van der Waals surface area contributed by atoms with Crippen molar-refractivity contribution >= 4 is 69.0 Å². The summed E-state index contributed by atoms with van der Waals surface area (Å²) in [6, 6.07) is 85.8. The van der Waals surface area contributed by atoms with E-state index >= 15 is 0 Å². The molecule has 0 amide bonds. The second kappa shape index (κ2) is 16.8. The normalized spacial score (nSPS) is 14.7. The molecule has 0 saturated heterocycles. The highest BCUT2D eigenvalue weighted by Crippen LogP contribution is 2.58. The Morgan fingerprint density at radius 3 is 1.42 bits per heavy atom. The van der Waals surface area contributed by atoms with Crippen molar-refractivity contribution in [2.24, 2.45) is 0 Å². The molecular formula is C70H58BNOSi. The Hall–Kier alpha value is -7.92. The molecule has 0 atom stereocenters. The number of nitrogens with zero attached hydrogens (tertiary/aromatic N) is 1. The average Bonchev–Trinajstić information content (AvgIpc) is 3.78. The molecule has 0 aliphatic carbocycles. The quantitative estimate of drug-likeness (QED) is 0.154. The minimum atomic E-state index is -2.77. The Balaban J connectivity index is 0.903. The summed E-state index contributed by atoms with van der Waals surface area (Å²) in [6.07, 6.45) is 0. The number of rotatable bonds is 6. The van der Waals surface area contributed by atoms with E-state index in [9.17, 15) is 0 Å². The first-order valence-electron chi connectivity index (χ1n) is 26.8. The minimum Gasteiger partial charge on any atom is -0.458 e. The van der Waals surface area contributed by atoms with E-state index in [-0.39, 0.29) is 6.71 Å². The SMILES string of the molecule is CC(C)c1cc(C(C)C)c(B2c3ccccc3Oc3cc(-c4ccc(N5c6ccccc6C6(c7ccccc75)c5ccccc5[Si]5(c7ccccc7-c7ccccc75)c5ccccc56)cc4)ccc32)c(C(C)C)c1. The zero-order valence-electron chi connectivity index (χ0n) is 43.0. The molecule has 4 aliphatic rings. The van der Waals surface area contributed by atoms with Crippen molar-refractivity contribution < 1.29 is 4.74 Å². The molecule has 10 aromatic rings. The Bertz CT molecular complexity index is 3730. The Labute approximate surface area is 438 Å². The van der Waals surface area contributed by atoms with Crippen LogP contribution in [0.2, 0.25) is 0 Å². The molecule has 0 radical (unpaired) electrons. The number of anilines is 3. The van der Waals surface area contributed by atoms with E-state index in [1.807, 2.05) is 0 Å². The Kier molecular flexibility index (Phi) is 10.2. The van der Waals surface area contributed by atoms with Crippen LogP contribution >= 0.6 is 0 Å². The fourth-order valence-corrected chi connectivity index (χ4v) is 19.8. The topological polar surface area (TPSA) is 12.5 Å². The third-order valence-corrected chi connectivity index (χ3v) is 22.2. The van der Waals surface area contributed by atoms with Crippen molar-refractivity contribution in [1.82, 2.24) is 0 Å². The highest BCUT2D eigenvalue weighted by Gasteiger charge is 2.60. The molecule has 4 heterocycles. The first kappa shape index (κ1) is 44.8. The fraction of sp³-hybridized carbons (Fsp3) is 0.143. The number of para-hydroxylation sites is 3. The van der Waals surface area contributed by atoms with Crippen molar-refractivity contribution in [2.45, 2.75) is 64.7 Å². The first-order chi connectivity index (χ1) is 36.2. The summed E-state index contributed by atoms with van der Waals surface area (Å²) in [5.74, 6) is 3.07. The van der Waals surface area contributed by atoms with Crippen LogP contribution in [0.3, 0.4) is 0 Å². The lowest BCUT2D eigenvalue weighted by Crippen LogP contribution is -2.78. The molecule has 10 aromatic carbocycles. The molecule has 0 aromatic heterocycles. The third kappa shape index (κ3) is 6.12. The number of hydrogen-bond donors (Lipinski definition) is 0. The Morgan fingerprint density at radius 1 is 0.405 bits per heavy atom.